The van der Waals surface area contributed by atoms with Crippen molar-refractivity contribution in [2.75, 3.05) is 28.7 Å². The molecule has 0 atom stereocenters. The first-order valence-corrected chi connectivity index (χ1v) is 18.6. The van der Waals surface area contributed by atoms with Gasteiger partial charge in [0.25, 0.3) is 10.1 Å². The van der Waals surface area contributed by atoms with Gasteiger partial charge in [0.15, 0.2) is 22.2 Å². The Labute approximate surface area is 306 Å². The van der Waals surface area contributed by atoms with Crippen molar-refractivity contribution < 1.29 is 64.3 Å². The second-order valence-corrected chi connectivity index (χ2v) is 14.8. The van der Waals surface area contributed by atoms with Gasteiger partial charge in [-0.25, -0.2) is 18.9 Å². The fourth-order valence-electron chi connectivity index (χ4n) is 4.40. The number of nitrogens with zero attached hydrogens (tertiary/aromatic N) is 5. The highest BCUT2D eigenvalue weighted by atomic mass is 32.2. The molecular formula is C27H23FN8O13S4. The second-order valence-electron chi connectivity index (χ2n) is 10.0. The van der Waals surface area contributed by atoms with E-state index in [1.165, 1.54) is 42.5 Å². The van der Waals surface area contributed by atoms with Gasteiger partial charge in [-0.1, -0.05) is 16.1 Å². The molecule has 0 aliphatic heterocycles. The Hall–Kier alpha value is -4.84. The molecule has 0 saturated carbocycles. The summed E-state index contributed by atoms with van der Waals surface area (Å²) >= 11 is 0.828. The fourth-order valence-corrected chi connectivity index (χ4v) is 6.91. The Morgan fingerprint density at radius 3 is 2.21 bits per heavy atom. The molecule has 0 fully saturated rings. The van der Waals surface area contributed by atoms with Gasteiger partial charge in [-0.15, -0.1) is 18.9 Å². The van der Waals surface area contributed by atoms with Gasteiger partial charge in [-0.3, -0.25) is 8.74 Å². The number of nitrogen functional groups attached to an aromatic ring is 1. The van der Waals surface area contributed by atoms with Crippen molar-refractivity contribution >= 4 is 95.4 Å². The van der Waals surface area contributed by atoms with Crippen LogP contribution in [-0.4, -0.2) is 64.3 Å². The summed E-state index contributed by atoms with van der Waals surface area (Å²) in [5.74, 6) is -1.45. The molecule has 5 aromatic rings. The van der Waals surface area contributed by atoms with Gasteiger partial charge in [0, 0.05) is 16.3 Å². The molecule has 0 bridgehead atoms. The molecular weight excluding hydrogens is 792 g/mol. The molecule has 0 spiro atoms. The maximum absolute atomic E-state index is 14.4. The SMILES string of the molecule is Nc1ccc2cc(SOOO)cc(O)c2c1N=Nc1ccc(Nc2nc(F)nc(Nc3ccc(S(=O)(=O)CCOSOOO)cc3)n2)cc1S(=O)(=O)O. The number of aromatic nitrogens is 3. The zero-order valence-corrected chi connectivity index (χ0v) is 29.3. The first kappa shape index (κ1) is 39.4. The third kappa shape index (κ3) is 10.4. The molecule has 0 unspecified atom stereocenters. The van der Waals surface area contributed by atoms with Crippen LogP contribution in [0.2, 0.25) is 0 Å². The minimum atomic E-state index is -4.94. The zero-order chi connectivity index (χ0) is 38.2. The van der Waals surface area contributed by atoms with Crippen molar-refractivity contribution in [3.05, 3.63) is 72.8 Å². The van der Waals surface area contributed by atoms with E-state index in [4.69, 9.17) is 20.4 Å². The summed E-state index contributed by atoms with van der Waals surface area (Å²) < 4.78 is 87.3. The van der Waals surface area contributed by atoms with Gasteiger partial charge in [0.1, 0.15) is 22.0 Å². The maximum atomic E-state index is 14.4. The summed E-state index contributed by atoms with van der Waals surface area (Å²) in [6, 6.07) is 14.5. The van der Waals surface area contributed by atoms with E-state index < -0.39 is 42.6 Å². The predicted octanol–water partition coefficient (Wildman–Crippen LogP) is 5.80. The molecule has 21 nitrogen and oxygen atoms in total. The van der Waals surface area contributed by atoms with Crippen LogP contribution in [0.25, 0.3) is 10.8 Å². The number of nitrogens with two attached hydrogens (primary N) is 1. The highest BCUT2D eigenvalue weighted by Crippen LogP contribution is 2.42. The topological polar surface area (TPSA) is 309 Å². The lowest BCUT2D eigenvalue weighted by Gasteiger charge is -2.11. The maximum Gasteiger partial charge on any atom is 0.315 e. The van der Waals surface area contributed by atoms with E-state index in [0.29, 0.717) is 22.3 Å². The van der Waals surface area contributed by atoms with Crippen molar-refractivity contribution in [2.24, 2.45) is 10.2 Å². The van der Waals surface area contributed by atoms with Gasteiger partial charge >= 0.3 is 6.08 Å². The van der Waals surface area contributed by atoms with Gasteiger partial charge in [-0.2, -0.15) is 27.8 Å². The summed E-state index contributed by atoms with van der Waals surface area (Å²) in [5, 5.41) is 47.8. The lowest BCUT2D eigenvalue weighted by atomic mass is 10.1. The van der Waals surface area contributed by atoms with E-state index in [-0.39, 0.29) is 69.3 Å². The minimum Gasteiger partial charge on any atom is -0.507 e. The highest BCUT2D eigenvalue weighted by Gasteiger charge is 2.19. The number of hydrogen-bond donors (Lipinski definition) is 7. The Kier molecular flexibility index (Phi) is 12.9. The molecule has 0 aliphatic rings. The van der Waals surface area contributed by atoms with Crippen LogP contribution < -0.4 is 16.4 Å². The quantitative estimate of drug-likeness (QED) is 0.0111. The van der Waals surface area contributed by atoms with E-state index in [0.717, 1.165) is 12.1 Å². The number of azo groups is 1. The van der Waals surface area contributed by atoms with E-state index in [1.54, 1.807) is 12.1 Å². The van der Waals surface area contributed by atoms with Crippen molar-refractivity contribution in [2.45, 2.75) is 14.7 Å². The lowest BCUT2D eigenvalue weighted by Crippen LogP contribution is -2.11. The fraction of sp³-hybridized carbons (Fsp3) is 0.0741. The normalized spacial score (nSPS) is 12.1. The lowest BCUT2D eigenvalue weighted by molar-refractivity contribution is -0.434. The standard InChI is InChI=1S/C27H23FN8O13S4/c28-25-32-26(30-15-2-5-18(6-3-15)52(40,41)10-9-45-51-49-47-39)34-27(33-25)31-16-4-8-20(22(12-16)53(42,43)44)35-36-24-19(29)7-1-14-11-17(50-48-46-38)13-21(37)23(14)24/h1-8,11-13,37-39H,9-10,29H2,(H,42,43,44)(H2,30,31,32,33,34). The number of halogens is 1. The number of aromatic hydroxyl groups is 1. The number of benzene rings is 4. The summed E-state index contributed by atoms with van der Waals surface area (Å²) in [6.45, 7) is -0.290. The molecule has 0 aliphatic carbocycles. The first-order valence-electron chi connectivity index (χ1n) is 14.1. The van der Waals surface area contributed by atoms with Crippen LogP contribution in [0.3, 0.4) is 0 Å². The largest absolute Gasteiger partial charge is 0.507 e. The number of sulfone groups is 1. The number of nitrogens with one attached hydrogen (secondary N) is 2. The average molecular weight is 815 g/mol. The number of hydrogen-bond acceptors (Lipinski definition) is 22. The van der Waals surface area contributed by atoms with Crippen LogP contribution in [0.15, 0.2) is 91.6 Å². The van der Waals surface area contributed by atoms with Crippen molar-refractivity contribution in [3.63, 3.8) is 0 Å². The smallest absolute Gasteiger partial charge is 0.315 e. The number of rotatable bonds is 17. The molecule has 280 valence electrons. The summed E-state index contributed by atoms with van der Waals surface area (Å²) in [6.07, 6.45) is -1.24. The molecule has 8 N–H and O–H groups in total. The second kappa shape index (κ2) is 17.3. The van der Waals surface area contributed by atoms with E-state index in [1.807, 2.05) is 0 Å². The van der Waals surface area contributed by atoms with Crippen LogP contribution in [0.1, 0.15) is 0 Å². The van der Waals surface area contributed by atoms with E-state index in [9.17, 15) is 30.9 Å². The molecule has 0 radical (unpaired) electrons. The van der Waals surface area contributed by atoms with Gasteiger partial charge in [-0.05, 0) is 66.0 Å². The molecule has 26 heteroatoms. The van der Waals surface area contributed by atoms with Crippen LogP contribution >= 0.6 is 24.4 Å². The van der Waals surface area contributed by atoms with Crippen LogP contribution in [0.5, 0.6) is 5.75 Å². The van der Waals surface area contributed by atoms with Crippen LogP contribution in [0, 0.1) is 6.08 Å². The summed E-state index contributed by atoms with van der Waals surface area (Å²) in [5.41, 5.74) is 5.97. The first-order chi connectivity index (χ1) is 25.3. The average Bonchev–Trinajstić information content (AvgIpc) is 3.10. The summed E-state index contributed by atoms with van der Waals surface area (Å²) in [7, 11) is -8.72. The van der Waals surface area contributed by atoms with Crippen molar-refractivity contribution in [1.29, 1.82) is 0 Å². The number of phenolic OH excluding ortho intramolecular Hbond substituents is 1. The Bertz CT molecular complexity index is 2360. The van der Waals surface area contributed by atoms with Crippen molar-refractivity contribution in [3.8, 4) is 5.75 Å². The third-order valence-electron chi connectivity index (χ3n) is 6.61. The highest BCUT2D eigenvalue weighted by molar-refractivity contribution is 7.94. The molecule has 5 rings (SSSR count). The van der Waals surface area contributed by atoms with Gasteiger partial charge < -0.3 is 21.5 Å². The Morgan fingerprint density at radius 2 is 1.53 bits per heavy atom. The predicted molar refractivity (Wildman–Crippen MR) is 184 cm³/mol. The number of phenols is 1. The van der Waals surface area contributed by atoms with Crippen molar-refractivity contribution in [1.82, 2.24) is 15.0 Å². The van der Waals surface area contributed by atoms with E-state index >= 15 is 0 Å². The van der Waals surface area contributed by atoms with E-state index in [2.05, 4.69) is 54.6 Å². The van der Waals surface area contributed by atoms with Crippen LogP contribution in [0.4, 0.5) is 44.7 Å². The Morgan fingerprint density at radius 1 is 0.849 bits per heavy atom. The van der Waals surface area contributed by atoms with Gasteiger partial charge in [0.05, 0.1) is 40.4 Å². The molecule has 4 aromatic carbocycles. The Balaban J connectivity index is 1.35. The number of fused-ring (bicyclic) bond motifs is 1. The molecule has 1 aromatic heterocycles. The molecule has 0 saturated heterocycles. The third-order valence-corrected chi connectivity index (χ3v) is 10.1. The molecule has 53 heavy (non-hydrogen) atoms. The summed E-state index contributed by atoms with van der Waals surface area (Å²) in [4.78, 5) is 10.7. The van der Waals surface area contributed by atoms with Crippen LogP contribution in [-0.2, 0) is 42.9 Å². The monoisotopic (exact) mass is 814 g/mol. The molecule has 1 heterocycles. The van der Waals surface area contributed by atoms with Gasteiger partial charge in [0.2, 0.25) is 11.9 Å². The molecule has 0 amide bonds. The zero-order valence-electron chi connectivity index (χ0n) is 26.1. The number of anilines is 5. The minimum absolute atomic E-state index is 0.0399.